The van der Waals surface area contributed by atoms with Gasteiger partial charge in [0.15, 0.2) is 5.78 Å². The van der Waals surface area contributed by atoms with Crippen molar-refractivity contribution in [3.05, 3.63) is 95.3 Å². The number of anilines is 1. The molecule has 1 saturated heterocycles. The number of piperidine rings is 1. The quantitative estimate of drug-likeness (QED) is 0.326. The number of nitrogens with one attached hydrogen (secondary N) is 1. The van der Waals surface area contributed by atoms with Gasteiger partial charge in [0.25, 0.3) is 0 Å². The molecular formula is C31H33N3O5. The maximum absolute atomic E-state index is 13.7. The van der Waals surface area contributed by atoms with E-state index < -0.39 is 17.4 Å². The van der Waals surface area contributed by atoms with E-state index in [1.54, 1.807) is 55.5 Å². The molecular weight excluding hydrogens is 494 g/mol. The SMILES string of the molecule is CCOC(=O)c1ccc(NC(=O)N2C/C(=C/c3ccccn3)C(=O)C(C)(C)C2Cc2ccc(OC)cc2)cc1. The number of nitrogens with zero attached hydrogens (tertiary/aromatic N) is 2. The van der Waals surface area contributed by atoms with Crippen molar-refractivity contribution in [1.29, 1.82) is 0 Å². The highest BCUT2D eigenvalue weighted by atomic mass is 16.5. The van der Waals surface area contributed by atoms with Crippen molar-refractivity contribution in [2.24, 2.45) is 5.41 Å². The molecule has 1 aliphatic rings. The number of ether oxygens (including phenoxy) is 2. The summed E-state index contributed by atoms with van der Waals surface area (Å²) in [6, 6.07) is 18.9. The summed E-state index contributed by atoms with van der Waals surface area (Å²) in [4.78, 5) is 45.5. The van der Waals surface area contributed by atoms with E-state index in [0.717, 1.165) is 11.3 Å². The van der Waals surface area contributed by atoms with Crippen LogP contribution < -0.4 is 10.1 Å². The van der Waals surface area contributed by atoms with Gasteiger partial charge in [0, 0.05) is 22.9 Å². The van der Waals surface area contributed by atoms with E-state index in [2.05, 4.69) is 10.3 Å². The van der Waals surface area contributed by atoms with Crippen molar-refractivity contribution in [1.82, 2.24) is 9.88 Å². The Morgan fingerprint density at radius 3 is 2.41 bits per heavy atom. The van der Waals surface area contributed by atoms with Crippen LogP contribution in [-0.2, 0) is 16.0 Å². The minimum absolute atomic E-state index is 0.0190. The van der Waals surface area contributed by atoms with Gasteiger partial charge >= 0.3 is 12.0 Å². The zero-order valence-electron chi connectivity index (χ0n) is 22.6. The lowest BCUT2D eigenvalue weighted by molar-refractivity contribution is -0.128. The average Bonchev–Trinajstić information content (AvgIpc) is 2.94. The average molecular weight is 528 g/mol. The van der Waals surface area contributed by atoms with Crippen LogP contribution in [-0.4, -0.2) is 54.0 Å². The number of urea groups is 1. The number of benzene rings is 2. The van der Waals surface area contributed by atoms with Crippen molar-refractivity contribution in [3.63, 3.8) is 0 Å². The van der Waals surface area contributed by atoms with Crippen LogP contribution in [0.3, 0.4) is 0 Å². The highest BCUT2D eigenvalue weighted by molar-refractivity contribution is 6.06. The van der Waals surface area contributed by atoms with Crippen molar-refractivity contribution >= 4 is 29.5 Å². The molecule has 3 aromatic rings. The molecule has 2 heterocycles. The molecule has 4 rings (SSSR count). The Labute approximate surface area is 228 Å². The van der Waals surface area contributed by atoms with Gasteiger partial charge < -0.3 is 19.7 Å². The number of ketones is 1. The highest BCUT2D eigenvalue weighted by Gasteiger charge is 2.47. The Morgan fingerprint density at radius 1 is 1.08 bits per heavy atom. The minimum atomic E-state index is -0.871. The number of rotatable bonds is 7. The fourth-order valence-corrected chi connectivity index (χ4v) is 4.73. The van der Waals surface area contributed by atoms with E-state index in [4.69, 9.17) is 9.47 Å². The van der Waals surface area contributed by atoms with Crippen LogP contribution in [0.4, 0.5) is 10.5 Å². The monoisotopic (exact) mass is 527 g/mol. The Morgan fingerprint density at radius 2 is 1.79 bits per heavy atom. The summed E-state index contributed by atoms with van der Waals surface area (Å²) in [6.07, 6.45) is 3.90. The molecule has 1 unspecified atom stereocenters. The molecule has 0 spiro atoms. The zero-order chi connectivity index (χ0) is 28.0. The van der Waals surface area contributed by atoms with E-state index in [9.17, 15) is 14.4 Å². The number of hydrogen-bond donors (Lipinski definition) is 1. The topological polar surface area (TPSA) is 97.8 Å². The molecule has 1 aromatic heterocycles. The maximum atomic E-state index is 13.7. The van der Waals surface area contributed by atoms with Gasteiger partial charge in [-0.15, -0.1) is 0 Å². The van der Waals surface area contributed by atoms with Gasteiger partial charge in [0.2, 0.25) is 0 Å². The first kappa shape index (κ1) is 27.6. The molecule has 0 bridgehead atoms. The molecule has 1 aliphatic heterocycles. The van der Waals surface area contributed by atoms with Gasteiger partial charge in [-0.3, -0.25) is 9.78 Å². The summed E-state index contributed by atoms with van der Waals surface area (Å²) in [7, 11) is 1.61. The number of likely N-dealkylation sites (tertiary alicyclic amines) is 1. The number of carbonyl (C=O) groups is 3. The fraction of sp³-hybridized carbons (Fsp3) is 0.290. The summed E-state index contributed by atoms with van der Waals surface area (Å²) >= 11 is 0. The number of amides is 2. The minimum Gasteiger partial charge on any atom is -0.497 e. The van der Waals surface area contributed by atoms with Crippen LogP contribution >= 0.6 is 0 Å². The van der Waals surface area contributed by atoms with Crippen molar-refractivity contribution in [3.8, 4) is 5.75 Å². The smallest absolute Gasteiger partial charge is 0.338 e. The molecule has 202 valence electrons. The van der Waals surface area contributed by atoms with Crippen LogP contribution in [0.25, 0.3) is 6.08 Å². The van der Waals surface area contributed by atoms with Crippen LogP contribution in [0, 0.1) is 5.41 Å². The molecule has 2 amide bonds. The van der Waals surface area contributed by atoms with Gasteiger partial charge in [-0.05, 0) is 73.5 Å². The first-order valence-electron chi connectivity index (χ1n) is 12.9. The van der Waals surface area contributed by atoms with E-state index in [1.165, 1.54) is 0 Å². The summed E-state index contributed by atoms with van der Waals surface area (Å²) in [5, 5.41) is 2.94. The van der Waals surface area contributed by atoms with E-state index in [0.29, 0.717) is 28.9 Å². The molecule has 0 radical (unpaired) electrons. The van der Waals surface area contributed by atoms with Crippen molar-refractivity contribution in [2.45, 2.75) is 33.2 Å². The lowest BCUT2D eigenvalue weighted by atomic mass is 9.71. The number of hydrogen-bond acceptors (Lipinski definition) is 6. The van der Waals surface area contributed by atoms with Crippen LogP contribution in [0.5, 0.6) is 5.75 Å². The predicted octanol–water partition coefficient (Wildman–Crippen LogP) is 5.40. The Balaban J connectivity index is 1.65. The summed E-state index contributed by atoms with van der Waals surface area (Å²) < 4.78 is 10.3. The highest BCUT2D eigenvalue weighted by Crippen LogP contribution is 2.38. The van der Waals surface area contributed by atoms with Crippen molar-refractivity contribution < 1.29 is 23.9 Å². The molecule has 1 atom stereocenters. The number of carbonyl (C=O) groups excluding carboxylic acids is 3. The largest absolute Gasteiger partial charge is 0.497 e. The number of aromatic nitrogens is 1. The molecule has 8 heteroatoms. The predicted molar refractivity (Wildman–Crippen MR) is 150 cm³/mol. The van der Waals surface area contributed by atoms with Gasteiger partial charge in [-0.2, -0.15) is 0 Å². The van der Waals surface area contributed by atoms with Crippen molar-refractivity contribution in [2.75, 3.05) is 25.6 Å². The molecule has 0 saturated carbocycles. The summed E-state index contributed by atoms with van der Waals surface area (Å²) in [5.41, 5.74) is 2.20. The third-order valence-electron chi connectivity index (χ3n) is 6.93. The molecule has 39 heavy (non-hydrogen) atoms. The third-order valence-corrected chi connectivity index (χ3v) is 6.93. The number of pyridine rings is 1. The molecule has 2 aromatic carbocycles. The number of esters is 1. The molecule has 1 fully saturated rings. The van der Waals surface area contributed by atoms with E-state index >= 15 is 0 Å². The Kier molecular flexibility index (Phi) is 8.44. The summed E-state index contributed by atoms with van der Waals surface area (Å²) in [5.74, 6) is 0.296. The zero-order valence-corrected chi connectivity index (χ0v) is 22.6. The van der Waals surface area contributed by atoms with E-state index in [-0.39, 0.29) is 25.0 Å². The normalized spacial score (nSPS) is 17.5. The second-order valence-corrected chi connectivity index (χ2v) is 9.90. The van der Waals surface area contributed by atoms with Gasteiger partial charge in [0.05, 0.1) is 37.6 Å². The maximum Gasteiger partial charge on any atom is 0.338 e. The molecule has 8 nitrogen and oxygen atoms in total. The van der Waals surface area contributed by atoms with Crippen LogP contribution in [0.2, 0.25) is 0 Å². The lowest BCUT2D eigenvalue weighted by Gasteiger charge is -2.46. The second-order valence-electron chi connectivity index (χ2n) is 9.90. The number of Topliss-reactive ketones (excluding diaryl/α,β-unsaturated/α-hetero) is 1. The van der Waals surface area contributed by atoms with Gasteiger partial charge in [-0.25, -0.2) is 9.59 Å². The first-order chi connectivity index (χ1) is 18.7. The van der Waals surface area contributed by atoms with Crippen LogP contribution in [0.1, 0.15) is 42.4 Å². The van der Waals surface area contributed by atoms with Gasteiger partial charge in [-0.1, -0.05) is 32.0 Å². The first-order valence-corrected chi connectivity index (χ1v) is 12.9. The number of methoxy groups -OCH3 is 1. The Bertz CT molecular complexity index is 1350. The molecule has 0 aliphatic carbocycles. The summed E-state index contributed by atoms with van der Waals surface area (Å²) in [6.45, 7) is 5.92. The van der Waals surface area contributed by atoms with Gasteiger partial charge in [0.1, 0.15) is 5.75 Å². The molecule has 1 N–H and O–H groups in total. The second kappa shape index (κ2) is 11.9. The van der Waals surface area contributed by atoms with E-state index in [1.807, 2.05) is 56.3 Å². The lowest BCUT2D eigenvalue weighted by Crippen LogP contribution is -2.59. The third kappa shape index (κ3) is 6.34. The van der Waals surface area contributed by atoms with Crippen LogP contribution in [0.15, 0.2) is 78.5 Å². The fourth-order valence-electron chi connectivity index (χ4n) is 4.73. The standard InChI is InChI=1S/C31H33N3O5/c1-5-39-29(36)22-11-13-24(14-12-22)33-30(37)34-20-23(19-25-8-6-7-17-32-25)28(35)31(2,3)27(34)18-21-9-15-26(38-4)16-10-21/h6-17,19,27H,5,18,20H2,1-4H3,(H,33,37)/b23-19-. The Hall–Kier alpha value is -4.46.